The van der Waals surface area contributed by atoms with Gasteiger partial charge in [0.1, 0.15) is 5.82 Å². The zero-order valence-corrected chi connectivity index (χ0v) is 10.9. The van der Waals surface area contributed by atoms with Crippen LogP contribution in [-0.2, 0) is 0 Å². The molecule has 0 bridgehead atoms. The van der Waals surface area contributed by atoms with Crippen LogP contribution in [0.4, 0.5) is 11.8 Å². The zero-order chi connectivity index (χ0) is 13.1. The molecule has 2 aromatic heterocycles. The molecule has 7 nitrogen and oxygen atoms in total. The van der Waals surface area contributed by atoms with Crippen molar-refractivity contribution in [2.24, 2.45) is 11.8 Å². The lowest BCUT2D eigenvalue weighted by atomic mass is 10.1. The second kappa shape index (κ2) is 5.18. The quantitative estimate of drug-likeness (QED) is 0.472. The number of nitrogens with one attached hydrogen (secondary N) is 3. The van der Waals surface area contributed by atoms with Crippen LogP contribution in [0, 0.1) is 5.92 Å². The molecule has 0 spiro atoms. The number of fused-ring (bicyclic) bond motifs is 1. The van der Waals surface area contributed by atoms with E-state index in [1.807, 2.05) is 0 Å². The van der Waals surface area contributed by atoms with Crippen LogP contribution in [-0.4, -0.2) is 26.2 Å². The van der Waals surface area contributed by atoms with E-state index in [0.29, 0.717) is 23.6 Å². The number of anilines is 2. The Hall–Kier alpha value is -1.89. The molecule has 0 saturated carbocycles. The predicted molar refractivity (Wildman–Crippen MR) is 72.0 cm³/mol. The van der Waals surface area contributed by atoms with Crippen molar-refractivity contribution in [1.29, 1.82) is 0 Å². The molecule has 0 aromatic carbocycles. The average Bonchev–Trinajstić information content (AvgIpc) is 2.75. The SMILES string of the molecule is CC(C)CC(C)Nc1nc(NN)nc2[nH]ncc12. The normalized spacial score (nSPS) is 12.9. The van der Waals surface area contributed by atoms with E-state index >= 15 is 0 Å². The number of hydrogen-bond acceptors (Lipinski definition) is 6. The van der Waals surface area contributed by atoms with Crippen molar-refractivity contribution in [3.8, 4) is 0 Å². The van der Waals surface area contributed by atoms with Crippen molar-refractivity contribution < 1.29 is 0 Å². The molecule has 2 heterocycles. The van der Waals surface area contributed by atoms with Crippen LogP contribution < -0.4 is 16.6 Å². The highest BCUT2D eigenvalue weighted by Gasteiger charge is 2.12. The van der Waals surface area contributed by atoms with Crippen LogP contribution in [0.15, 0.2) is 6.20 Å². The Morgan fingerprint density at radius 1 is 1.33 bits per heavy atom. The van der Waals surface area contributed by atoms with Crippen LogP contribution in [0.25, 0.3) is 11.0 Å². The van der Waals surface area contributed by atoms with E-state index in [-0.39, 0.29) is 0 Å². The van der Waals surface area contributed by atoms with E-state index in [4.69, 9.17) is 5.84 Å². The second-order valence-corrected chi connectivity index (χ2v) is 4.85. The maximum absolute atomic E-state index is 5.35. The molecule has 7 heteroatoms. The third-order valence-electron chi connectivity index (χ3n) is 2.65. The van der Waals surface area contributed by atoms with Gasteiger partial charge in [0.05, 0.1) is 11.6 Å². The lowest BCUT2D eigenvalue weighted by Gasteiger charge is -2.17. The van der Waals surface area contributed by atoms with Crippen molar-refractivity contribution in [1.82, 2.24) is 20.2 Å². The highest BCUT2D eigenvalue weighted by atomic mass is 15.3. The van der Waals surface area contributed by atoms with Gasteiger partial charge in [-0.1, -0.05) is 13.8 Å². The first-order valence-electron chi connectivity index (χ1n) is 6.04. The molecular formula is C11H19N7. The van der Waals surface area contributed by atoms with Crippen molar-refractivity contribution in [3.05, 3.63) is 6.20 Å². The van der Waals surface area contributed by atoms with Crippen LogP contribution in [0.3, 0.4) is 0 Å². The monoisotopic (exact) mass is 249 g/mol. The summed E-state index contributed by atoms with van der Waals surface area (Å²) in [5.41, 5.74) is 3.12. The Kier molecular flexibility index (Phi) is 3.61. The maximum atomic E-state index is 5.35. The molecule has 0 aliphatic carbocycles. The van der Waals surface area contributed by atoms with Crippen LogP contribution in [0.2, 0.25) is 0 Å². The van der Waals surface area contributed by atoms with E-state index in [1.54, 1.807) is 6.20 Å². The number of H-pyrrole nitrogens is 1. The van der Waals surface area contributed by atoms with Gasteiger partial charge >= 0.3 is 0 Å². The second-order valence-electron chi connectivity index (χ2n) is 4.85. The number of nitrogens with zero attached hydrogens (tertiary/aromatic N) is 3. The van der Waals surface area contributed by atoms with Crippen molar-refractivity contribution in [2.45, 2.75) is 33.2 Å². The molecule has 18 heavy (non-hydrogen) atoms. The standard InChI is InChI=1S/C11H19N7/c1-6(2)4-7(3)14-9-8-5-13-18-10(8)16-11(15-9)17-12/h5-7H,4,12H2,1-3H3,(H3,13,14,15,16,17,18). The highest BCUT2D eigenvalue weighted by molar-refractivity contribution is 5.87. The van der Waals surface area contributed by atoms with Gasteiger partial charge in [-0.25, -0.2) is 5.84 Å². The minimum atomic E-state index is 0.323. The molecule has 98 valence electrons. The predicted octanol–water partition coefficient (Wildman–Crippen LogP) is 1.48. The summed E-state index contributed by atoms with van der Waals surface area (Å²) in [5.74, 6) is 7.09. The Labute approximate surface area is 106 Å². The average molecular weight is 249 g/mol. The first kappa shape index (κ1) is 12.6. The van der Waals surface area contributed by atoms with Crippen molar-refractivity contribution >= 4 is 22.8 Å². The van der Waals surface area contributed by atoms with E-state index in [0.717, 1.165) is 17.6 Å². The van der Waals surface area contributed by atoms with Crippen LogP contribution in [0.1, 0.15) is 27.2 Å². The molecule has 0 aliphatic heterocycles. The van der Waals surface area contributed by atoms with E-state index in [2.05, 4.69) is 51.7 Å². The number of nitrogens with two attached hydrogens (primary N) is 1. The van der Waals surface area contributed by atoms with E-state index < -0.39 is 0 Å². The lowest BCUT2D eigenvalue weighted by molar-refractivity contribution is 0.539. The van der Waals surface area contributed by atoms with Gasteiger partial charge in [0, 0.05) is 6.04 Å². The fourth-order valence-electron chi connectivity index (χ4n) is 2.01. The lowest BCUT2D eigenvalue weighted by Crippen LogP contribution is -2.19. The summed E-state index contributed by atoms with van der Waals surface area (Å²) in [6.07, 6.45) is 2.77. The number of aromatic nitrogens is 4. The molecule has 0 fully saturated rings. The smallest absolute Gasteiger partial charge is 0.241 e. The fraction of sp³-hybridized carbons (Fsp3) is 0.545. The topological polar surface area (TPSA) is 105 Å². The largest absolute Gasteiger partial charge is 0.367 e. The van der Waals surface area contributed by atoms with Gasteiger partial charge in [-0.15, -0.1) is 0 Å². The van der Waals surface area contributed by atoms with E-state index in [9.17, 15) is 0 Å². The molecule has 1 atom stereocenters. The van der Waals surface area contributed by atoms with Gasteiger partial charge in [0.25, 0.3) is 0 Å². The minimum Gasteiger partial charge on any atom is -0.367 e. The van der Waals surface area contributed by atoms with Crippen LogP contribution >= 0.6 is 0 Å². The third-order valence-corrected chi connectivity index (χ3v) is 2.65. The summed E-state index contributed by atoms with van der Waals surface area (Å²) in [6, 6.07) is 0.323. The number of nitrogen functional groups attached to an aromatic ring is 1. The first-order valence-corrected chi connectivity index (χ1v) is 6.04. The van der Waals surface area contributed by atoms with Gasteiger partial charge in [-0.2, -0.15) is 15.1 Å². The molecule has 1 unspecified atom stereocenters. The summed E-state index contributed by atoms with van der Waals surface area (Å²) < 4.78 is 0. The molecule has 0 aliphatic rings. The van der Waals surface area contributed by atoms with Gasteiger partial charge in [0.15, 0.2) is 5.65 Å². The van der Waals surface area contributed by atoms with Gasteiger partial charge in [-0.3, -0.25) is 10.5 Å². The summed E-state index contributed by atoms with van der Waals surface area (Å²) in [4.78, 5) is 8.50. The molecular weight excluding hydrogens is 230 g/mol. The van der Waals surface area contributed by atoms with Crippen LogP contribution in [0.5, 0.6) is 0 Å². The third kappa shape index (κ3) is 2.67. The minimum absolute atomic E-state index is 0.323. The summed E-state index contributed by atoms with van der Waals surface area (Å²) in [6.45, 7) is 6.51. The number of hydrazine groups is 1. The van der Waals surface area contributed by atoms with Gasteiger partial charge in [0.2, 0.25) is 5.95 Å². The number of hydrogen-bond donors (Lipinski definition) is 4. The Bertz CT molecular complexity index is 519. The Morgan fingerprint density at radius 3 is 2.78 bits per heavy atom. The fourth-order valence-corrected chi connectivity index (χ4v) is 2.01. The number of rotatable bonds is 5. The first-order chi connectivity index (χ1) is 8.60. The molecule has 5 N–H and O–H groups in total. The molecule has 2 rings (SSSR count). The zero-order valence-electron chi connectivity index (χ0n) is 10.9. The maximum Gasteiger partial charge on any atom is 0.241 e. The van der Waals surface area contributed by atoms with Crippen molar-refractivity contribution in [2.75, 3.05) is 10.7 Å². The summed E-state index contributed by atoms with van der Waals surface area (Å²) >= 11 is 0. The molecule has 0 saturated heterocycles. The molecule has 2 aromatic rings. The van der Waals surface area contributed by atoms with Gasteiger partial charge in [-0.05, 0) is 19.3 Å². The Morgan fingerprint density at radius 2 is 2.11 bits per heavy atom. The highest BCUT2D eigenvalue weighted by Crippen LogP contribution is 2.21. The van der Waals surface area contributed by atoms with Gasteiger partial charge < -0.3 is 5.32 Å². The molecule has 0 amide bonds. The van der Waals surface area contributed by atoms with Crippen molar-refractivity contribution in [3.63, 3.8) is 0 Å². The summed E-state index contributed by atoms with van der Waals surface area (Å²) in [7, 11) is 0. The Balaban J connectivity index is 2.28. The number of aromatic amines is 1. The van der Waals surface area contributed by atoms with E-state index in [1.165, 1.54) is 0 Å². The molecule has 0 radical (unpaired) electrons. The summed E-state index contributed by atoms with van der Waals surface area (Å²) in [5, 5.41) is 11.0.